The molecule has 7 atom stereocenters. The highest BCUT2D eigenvalue weighted by atomic mass is 16.7. The first-order chi connectivity index (χ1) is 61.7. The first-order valence-electron chi connectivity index (χ1n) is 45.1. The molecule has 34 heteroatoms. The summed E-state index contributed by atoms with van der Waals surface area (Å²) in [6.07, 6.45) is 10.00. The molecule has 2 saturated carbocycles. The minimum atomic E-state index is -0.718. The molecule has 8 aromatic rings. The zero-order chi connectivity index (χ0) is 94.3. The second-order valence-electron chi connectivity index (χ2n) is 38.5. The van der Waals surface area contributed by atoms with E-state index in [9.17, 15) is 19.2 Å². The maximum atomic E-state index is 13.7. The number of esters is 2. The largest absolute Gasteiger partial charge is 0.531 e. The van der Waals surface area contributed by atoms with Gasteiger partial charge in [0.1, 0.15) is 44.7 Å². The van der Waals surface area contributed by atoms with Crippen LogP contribution in [0.25, 0.3) is 32.7 Å². The van der Waals surface area contributed by atoms with Gasteiger partial charge in [0.25, 0.3) is 5.91 Å². The van der Waals surface area contributed by atoms with E-state index >= 15 is 0 Å². The summed E-state index contributed by atoms with van der Waals surface area (Å²) in [5.41, 5.74) is 4.48. The summed E-state index contributed by atoms with van der Waals surface area (Å²) in [6.45, 7) is 15.2. The van der Waals surface area contributed by atoms with Crippen molar-refractivity contribution in [3.8, 4) is 46.0 Å². The molecular weight excluding hydrogens is 1670 g/mol. The molecule has 6 fully saturated rings. The third kappa shape index (κ3) is 21.0. The van der Waals surface area contributed by atoms with E-state index in [0.29, 0.717) is 139 Å². The predicted molar refractivity (Wildman–Crippen MR) is 500 cm³/mol. The minimum absolute atomic E-state index is 0.0276. The number of fused-ring (bicyclic) bond motifs is 8. The lowest BCUT2D eigenvalue weighted by molar-refractivity contribution is -0.948. The number of benzene rings is 4. The van der Waals surface area contributed by atoms with Crippen molar-refractivity contribution in [2.24, 2.45) is 17.3 Å². The molecule has 0 radical (unpaired) electrons. The number of piperazine rings is 2. The lowest BCUT2D eigenvalue weighted by Gasteiger charge is -2.62. The Morgan fingerprint density at radius 3 is 1.65 bits per heavy atom. The second kappa shape index (κ2) is 40.6. The average molecular weight is 1810 g/mol. The SMILES string of the molecule is CCCCOC(=O)N1CCN(c2nc([N+](C)(C)C)c3cc(OC)c(OC)cc3n2)CC1.COC(=O)C1C(OC)C(OC(=O)c2cc(OC)c(OC)c(OC)c2)CC2CN3CCc4c([nH]c5cc(OC)ccc45)C3(C)CC21C.COc1cc2nc(N3CCN(C(=O)c4ccco4)CC3)nc([N+](C)(C)C)c2cc1OC.C[N+](C)=C([N+](C)(C)C)[N+](C)(C)CC1COC2(CCCCC2)O1. The van der Waals surface area contributed by atoms with Gasteiger partial charge in [0, 0.05) is 132 Å². The number of carbonyl (C=O) groups excluding carboxylic acids is 4. The lowest BCUT2D eigenvalue weighted by Crippen LogP contribution is -2.67. The molecule has 1 N–H and O–H groups in total. The maximum absolute atomic E-state index is 13.7. The molecule has 15 rings (SSSR count). The highest BCUT2D eigenvalue weighted by Crippen LogP contribution is 2.60. The Morgan fingerprint density at radius 1 is 0.615 bits per heavy atom. The highest BCUT2D eigenvalue weighted by molar-refractivity contribution is 5.95. The molecule has 710 valence electrons. The summed E-state index contributed by atoms with van der Waals surface area (Å²) in [6, 6.07) is 20.3. The van der Waals surface area contributed by atoms with Crippen molar-refractivity contribution < 1.29 is 103 Å². The summed E-state index contributed by atoms with van der Waals surface area (Å²) in [5, 5.41) is 3.04. The van der Waals surface area contributed by atoms with E-state index in [1.165, 1.54) is 76.6 Å². The Hall–Kier alpha value is -10.6. The van der Waals surface area contributed by atoms with Crippen molar-refractivity contribution in [3.05, 3.63) is 95.6 Å². The van der Waals surface area contributed by atoms with Crippen molar-refractivity contribution in [3.63, 3.8) is 0 Å². The number of nitrogens with zero attached hydrogens (tertiary/aromatic N) is 14. The molecule has 2 amide bonds. The maximum Gasteiger partial charge on any atom is 0.531 e. The molecule has 130 heavy (non-hydrogen) atoms. The minimum Gasteiger partial charge on any atom is -0.497 e. The number of hydrogen-bond donors (Lipinski definition) is 1. The van der Waals surface area contributed by atoms with Crippen LogP contribution in [-0.2, 0) is 45.2 Å². The van der Waals surface area contributed by atoms with Gasteiger partial charge in [-0.25, -0.2) is 19.6 Å². The fraction of sp³-hybridized carbons (Fsp3) is 0.594. The number of carbonyl (C=O) groups is 4. The Labute approximate surface area is 765 Å². The Kier molecular flexibility index (Phi) is 30.8. The number of hydrogen-bond acceptors (Lipinski definition) is 26. The quantitative estimate of drug-likeness (QED) is 0.0125. The van der Waals surface area contributed by atoms with Crippen LogP contribution in [0.3, 0.4) is 0 Å². The highest BCUT2D eigenvalue weighted by Gasteiger charge is 2.64. The molecule has 7 unspecified atom stereocenters. The number of H-pyrrole nitrogens is 1. The van der Waals surface area contributed by atoms with E-state index in [0.717, 1.165) is 112 Å². The fourth-order valence-corrected chi connectivity index (χ4v) is 20.6. The average Bonchev–Trinajstić information content (AvgIpc) is 1.17. The van der Waals surface area contributed by atoms with Crippen molar-refractivity contribution in [2.45, 2.75) is 115 Å². The van der Waals surface area contributed by atoms with Gasteiger partial charge in [-0.05, 0) is 98.7 Å². The topological polar surface area (TPSA) is 297 Å². The third-order valence-electron chi connectivity index (χ3n) is 26.4. The standard InChI is InChI=1S/C35H44N2O9.C22H28N5O4.C22H34N5O4.C17H36N3O2/c1-34-18-35(2)31-23(22-10-9-21(40-3)16-24(22)36-31)11-12-37(35)17-20(34)15-27(30(44-7)28(34)33(39)45-8)46-32(38)19-13-25(41-4)29(43-6)26(14-19)42-5;1-27(2,3)20-15-13-18(29-4)19(30-5)14-16(15)23-22(24-20)26-10-8-25(9-11-26)21(28)17-7-6-12-31-17;1-7-8-13-31-22(28)26-11-9-25(10-12-26)21-23-17-15-19(30-6)18(29-5)14-16(17)20(24-21)27(2,3)4;1-18(2)16(19(3,4)5)20(6,7)13-15-14-21-17(22-15)11-9-8-10-12-17/h9-10,13-14,16,20,27-28,30,36H,11-12,15,17-18H2,1-8H3;6-7,12-14H,8-11H2,1-5H3;14-15H,7-13H2,1-6H3;15H,8-14H2,1-7H3/q;2*+1;+3. The molecule has 1 spiro atoms. The fourth-order valence-electron chi connectivity index (χ4n) is 20.6. The van der Waals surface area contributed by atoms with Gasteiger partial charge in [-0.15, -0.1) is 4.58 Å². The van der Waals surface area contributed by atoms with E-state index in [-0.39, 0.29) is 46.9 Å². The van der Waals surface area contributed by atoms with E-state index in [2.05, 4.69) is 143 Å². The van der Waals surface area contributed by atoms with Gasteiger partial charge in [0.2, 0.25) is 29.3 Å². The summed E-state index contributed by atoms with van der Waals surface area (Å²) >= 11 is 0. The number of amides is 2. The van der Waals surface area contributed by atoms with Gasteiger partial charge in [-0.3, -0.25) is 23.5 Å². The van der Waals surface area contributed by atoms with Crippen LogP contribution in [0.5, 0.6) is 46.0 Å². The van der Waals surface area contributed by atoms with Crippen LogP contribution in [0.15, 0.2) is 77.4 Å². The first-order valence-corrected chi connectivity index (χ1v) is 45.1. The number of unbranched alkanes of at least 4 members (excludes halogenated alkanes) is 1. The Morgan fingerprint density at radius 2 is 1.17 bits per heavy atom. The Balaban J connectivity index is 0.000000162. The number of furan rings is 1. The number of aromatic nitrogens is 5. The van der Waals surface area contributed by atoms with E-state index in [1.807, 2.05) is 36.4 Å². The monoisotopic (exact) mass is 1810 g/mol. The predicted octanol–water partition coefficient (Wildman–Crippen LogP) is 11.5. The Bertz CT molecular complexity index is 5300. The molecule has 34 nitrogen and oxygen atoms in total. The third-order valence-corrected chi connectivity index (χ3v) is 26.4. The number of quaternary nitrogens is 4. The van der Waals surface area contributed by atoms with Crippen LogP contribution in [0, 0.1) is 17.3 Å². The van der Waals surface area contributed by atoms with Gasteiger partial charge in [0.15, 0.2) is 46.0 Å². The molecule has 0 bridgehead atoms. The van der Waals surface area contributed by atoms with E-state index < -0.39 is 29.5 Å². The van der Waals surface area contributed by atoms with Crippen LogP contribution in [0.4, 0.5) is 28.3 Å². The van der Waals surface area contributed by atoms with Crippen LogP contribution in [-0.4, -0.2) is 355 Å². The molecule has 4 aromatic heterocycles. The summed E-state index contributed by atoms with van der Waals surface area (Å²) in [4.78, 5) is 85.7. The van der Waals surface area contributed by atoms with Gasteiger partial charge in [-0.1, -0.05) is 26.7 Å². The number of rotatable bonds is 22. The number of piperidine rings is 1. The molecular formula is C96H142N15O19+5. The number of anilines is 2. The molecule has 2 aliphatic carbocycles. The number of methoxy groups -OCH3 is 10. The smallest absolute Gasteiger partial charge is 0.497 e. The number of likely N-dealkylation sites (N-methyl/N-ethyl adjacent to an activating group) is 1. The molecule has 7 aliphatic rings. The summed E-state index contributed by atoms with van der Waals surface area (Å²) < 4.78 is 89.4. The van der Waals surface area contributed by atoms with Crippen molar-refractivity contribution in [1.29, 1.82) is 0 Å². The summed E-state index contributed by atoms with van der Waals surface area (Å²) in [5.74, 6) is 7.26. The number of guanidine groups is 1. The van der Waals surface area contributed by atoms with Gasteiger partial charge < -0.3 is 95.3 Å². The van der Waals surface area contributed by atoms with Gasteiger partial charge in [0.05, 0.1) is 200 Å². The van der Waals surface area contributed by atoms with Gasteiger partial charge in [-0.2, -0.15) is 18.9 Å². The molecule has 5 aliphatic heterocycles. The molecule has 4 aromatic carbocycles. The first kappa shape index (κ1) is 98.4. The zero-order valence-electron chi connectivity index (χ0n) is 81.6. The molecule has 4 saturated heterocycles. The van der Waals surface area contributed by atoms with Crippen LogP contribution in [0.2, 0.25) is 0 Å². The van der Waals surface area contributed by atoms with Crippen molar-refractivity contribution in [1.82, 2.24) is 48.6 Å². The van der Waals surface area contributed by atoms with Crippen molar-refractivity contribution >= 4 is 86.1 Å². The van der Waals surface area contributed by atoms with Crippen LogP contribution < -0.4 is 56.7 Å². The normalized spacial score (nSPS) is 21.5. The van der Waals surface area contributed by atoms with Gasteiger partial charge >= 0.3 is 24.0 Å². The van der Waals surface area contributed by atoms with E-state index in [1.54, 1.807) is 76.7 Å². The molecule has 9 heterocycles. The van der Waals surface area contributed by atoms with Crippen LogP contribution in [0.1, 0.15) is 111 Å². The van der Waals surface area contributed by atoms with Crippen molar-refractivity contribution in [2.75, 3.05) is 258 Å². The number of ether oxygens (including phenoxy) is 14. The lowest BCUT2D eigenvalue weighted by atomic mass is 9.52. The van der Waals surface area contributed by atoms with Crippen LogP contribution >= 0.6 is 0 Å². The number of aromatic amines is 1. The number of nitrogens with one attached hydrogen (secondary N) is 1. The van der Waals surface area contributed by atoms with E-state index in [4.69, 9.17) is 90.7 Å². The zero-order valence-corrected chi connectivity index (χ0v) is 81.6. The second-order valence-corrected chi connectivity index (χ2v) is 38.5. The summed E-state index contributed by atoms with van der Waals surface area (Å²) in [7, 11) is 43.5.